The summed E-state index contributed by atoms with van der Waals surface area (Å²) in [4.78, 5) is 15.1. The molecule has 2 heterocycles. The van der Waals surface area contributed by atoms with Crippen molar-refractivity contribution in [2.24, 2.45) is 0 Å². The summed E-state index contributed by atoms with van der Waals surface area (Å²) in [6, 6.07) is 4.69. The van der Waals surface area contributed by atoms with Gasteiger partial charge in [0, 0.05) is 0 Å². The van der Waals surface area contributed by atoms with Crippen molar-refractivity contribution in [1.29, 1.82) is 0 Å². The van der Waals surface area contributed by atoms with E-state index >= 15 is 0 Å². The van der Waals surface area contributed by atoms with Crippen LogP contribution in [0.2, 0.25) is 0 Å². The van der Waals surface area contributed by atoms with Crippen LogP contribution in [0.1, 0.15) is 23.7 Å². The van der Waals surface area contributed by atoms with E-state index in [1.807, 2.05) is 11.5 Å². The minimum atomic E-state index is -3.01. The predicted molar refractivity (Wildman–Crippen MR) is 73.6 cm³/mol. The maximum Gasteiger partial charge on any atom is 0.335 e. The van der Waals surface area contributed by atoms with Crippen LogP contribution in [0.5, 0.6) is 0 Å². The fourth-order valence-electron chi connectivity index (χ4n) is 2.76. The van der Waals surface area contributed by atoms with Crippen LogP contribution in [-0.2, 0) is 15.4 Å². The molecule has 1 fully saturated rings. The monoisotopic (exact) mass is 294 g/mol. The van der Waals surface area contributed by atoms with Crippen LogP contribution in [0.4, 0.5) is 0 Å². The number of carboxylic acids is 1. The zero-order chi connectivity index (χ0) is 14.5. The zero-order valence-corrected chi connectivity index (χ0v) is 11.7. The lowest BCUT2D eigenvalue weighted by Gasteiger charge is -2.25. The molecule has 1 N–H and O–H groups in total. The first-order valence-corrected chi connectivity index (χ1v) is 8.04. The first-order valence-electron chi connectivity index (χ1n) is 6.22. The summed E-state index contributed by atoms with van der Waals surface area (Å²) in [5.74, 6) is -0.737. The topological polar surface area (TPSA) is 89.3 Å². The average molecular weight is 294 g/mol. The Hall–Kier alpha value is -1.89. The molecule has 0 spiro atoms. The summed E-state index contributed by atoms with van der Waals surface area (Å²) < 4.78 is 25.3. The van der Waals surface area contributed by atoms with Gasteiger partial charge in [0.05, 0.1) is 40.0 Å². The third-order valence-corrected chi connectivity index (χ3v) is 5.75. The number of carboxylic acid groups (broad SMARTS) is 1. The highest BCUT2D eigenvalue weighted by molar-refractivity contribution is 7.91. The number of nitrogens with zero attached hydrogens (tertiary/aromatic N) is 2. The highest BCUT2D eigenvalue weighted by Crippen LogP contribution is 2.33. The number of benzene rings is 1. The van der Waals surface area contributed by atoms with E-state index in [0.29, 0.717) is 11.9 Å². The molecular weight excluding hydrogens is 280 g/mol. The molecule has 0 radical (unpaired) electrons. The van der Waals surface area contributed by atoms with E-state index < -0.39 is 21.3 Å². The van der Waals surface area contributed by atoms with Gasteiger partial charge >= 0.3 is 5.97 Å². The van der Waals surface area contributed by atoms with E-state index in [4.69, 9.17) is 5.11 Å². The number of aromatic nitrogens is 2. The number of imidazole rings is 1. The second-order valence-corrected chi connectivity index (χ2v) is 7.65. The molecule has 7 heteroatoms. The van der Waals surface area contributed by atoms with Crippen molar-refractivity contribution in [3.63, 3.8) is 0 Å². The SMILES string of the molecule is CC1(n2cnc3cc(C(=O)O)ccc32)CCS(=O)(=O)C1. The minimum Gasteiger partial charge on any atom is -0.478 e. The second kappa shape index (κ2) is 4.05. The van der Waals surface area contributed by atoms with E-state index in [1.165, 1.54) is 12.1 Å². The summed E-state index contributed by atoms with van der Waals surface area (Å²) in [5.41, 5.74) is 0.982. The van der Waals surface area contributed by atoms with Gasteiger partial charge < -0.3 is 9.67 Å². The summed E-state index contributed by atoms with van der Waals surface area (Å²) in [7, 11) is -3.01. The van der Waals surface area contributed by atoms with E-state index in [0.717, 1.165) is 5.52 Å². The van der Waals surface area contributed by atoms with Crippen LogP contribution in [0.25, 0.3) is 11.0 Å². The first-order chi connectivity index (χ1) is 9.31. The molecule has 6 nitrogen and oxygen atoms in total. The summed E-state index contributed by atoms with van der Waals surface area (Å²) in [6.45, 7) is 1.89. The van der Waals surface area contributed by atoms with Crippen LogP contribution in [0.3, 0.4) is 0 Å². The first kappa shape index (κ1) is 13.1. The molecule has 106 valence electrons. The van der Waals surface area contributed by atoms with Gasteiger partial charge in [0.1, 0.15) is 0 Å². The van der Waals surface area contributed by atoms with Crippen LogP contribution < -0.4 is 0 Å². The average Bonchev–Trinajstić information content (AvgIpc) is 2.90. The third kappa shape index (κ3) is 1.98. The van der Waals surface area contributed by atoms with Gasteiger partial charge in [-0.2, -0.15) is 0 Å². The van der Waals surface area contributed by atoms with Crippen LogP contribution >= 0.6 is 0 Å². The Morgan fingerprint density at radius 3 is 2.80 bits per heavy atom. The molecular formula is C13H14N2O4S. The summed E-state index contributed by atoms with van der Waals surface area (Å²) in [6.07, 6.45) is 2.14. The van der Waals surface area contributed by atoms with Gasteiger partial charge in [0.2, 0.25) is 0 Å². The number of hydrogen-bond donors (Lipinski definition) is 1. The number of hydrogen-bond acceptors (Lipinski definition) is 4. The van der Waals surface area contributed by atoms with Crippen molar-refractivity contribution >= 4 is 26.8 Å². The van der Waals surface area contributed by atoms with E-state index in [-0.39, 0.29) is 17.1 Å². The Kier molecular flexibility index (Phi) is 2.66. The quantitative estimate of drug-likeness (QED) is 0.901. The van der Waals surface area contributed by atoms with E-state index in [1.54, 1.807) is 12.4 Å². The van der Waals surface area contributed by atoms with Crippen molar-refractivity contribution < 1.29 is 18.3 Å². The summed E-state index contributed by atoms with van der Waals surface area (Å²) >= 11 is 0. The number of carbonyl (C=O) groups is 1. The molecule has 1 saturated heterocycles. The summed E-state index contributed by atoms with van der Waals surface area (Å²) in [5, 5.41) is 8.97. The van der Waals surface area contributed by atoms with Gasteiger partial charge in [-0.05, 0) is 31.5 Å². The molecule has 1 aliphatic rings. The fraction of sp³-hybridized carbons (Fsp3) is 0.385. The molecule has 0 saturated carbocycles. The van der Waals surface area contributed by atoms with Gasteiger partial charge in [-0.1, -0.05) is 0 Å². The molecule has 1 aromatic carbocycles. The highest BCUT2D eigenvalue weighted by atomic mass is 32.2. The van der Waals surface area contributed by atoms with Gasteiger partial charge in [-0.3, -0.25) is 0 Å². The molecule has 1 unspecified atom stereocenters. The second-order valence-electron chi connectivity index (χ2n) is 5.46. The lowest BCUT2D eigenvalue weighted by atomic mass is 10.0. The molecule has 2 aromatic rings. The van der Waals surface area contributed by atoms with Crippen molar-refractivity contribution in [2.45, 2.75) is 18.9 Å². The van der Waals surface area contributed by atoms with Gasteiger partial charge in [-0.25, -0.2) is 18.2 Å². The number of aromatic carboxylic acids is 1. The van der Waals surface area contributed by atoms with Crippen LogP contribution in [0, 0.1) is 0 Å². The van der Waals surface area contributed by atoms with Crippen LogP contribution in [0.15, 0.2) is 24.5 Å². The Labute approximate surface area is 116 Å². The molecule has 0 amide bonds. The number of rotatable bonds is 2. The van der Waals surface area contributed by atoms with E-state index in [2.05, 4.69) is 4.98 Å². The Morgan fingerprint density at radius 1 is 1.45 bits per heavy atom. The Bertz CT molecular complexity index is 809. The maximum absolute atomic E-state index is 11.7. The molecule has 3 rings (SSSR count). The lowest BCUT2D eigenvalue weighted by molar-refractivity contribution is 0.0697. The Morgan fingerprint density at radius 2 is 2.20 bits per heavy atom. The number of sulfone groups is 1. The highest BCUT2D eigenvalue weighted by Gasteiger charge is 2.40. The third-order valence-electron chi connectivity index (χ3n) is 3.86. The zero-order valence-electron chi connectivity index (χ0n) is 10.9. The normalized spacial score (nSPS) is 25.1. The van der Waals surface area contributed by atoms with Crippen LogP contribution in [-0.4, -0.2) is 40.6 Å². The van der Waals surface area contributed by atoms with Crippen molar-refractivity contribution in [3.05, 3.63) is 30.1 Å². The molecule has 0 bridgehead atoms. The minimum absolute atomic E-state index is 0.0894. The van der Waals surface area contributed by atoms with Gasteiger partial charge in [-0.15, -0.1) is 0 Å². The molecule has 1 aliphatic heterocycles. The Balaban J connectivity index is 2.12. The standard InChI is InChI=1S/C13H14N2O4S/c1-13(4-5-20(18,19)7-13)15-8-14-10-6-9(12(16)17)2-3-11(10)15/h2-3,6,8H,4-5,7H2,1H3,(H,16,17). The fourth-order valence-corrected chi connectivity index (χ4v) is 4.89. The molecule has 20 heavy (non-hydrogen) atoms. The lowest BCUT2D eigenvalue weighted by Crippen LogP contribution is -2.30. The maximum atomic E-state index is 11.7. The molecule has 1 atom stereocenters. The number of fused-ring (bicyclic) bond motifs is 1. The van der Waals surface area contributed by atoms with Crippen molar-refractivity contribution in [3.8, 4) is 0 Å². The van der Waals surface area contributed by atoms with Crippen molar-refractivity contribution in [1.82, 2.24) is 9.55 Å². The van der Waals surface area contributed by atoms with Crippen molar-refractivity contribution in [2.75, 3.05) is 11.5 Å². The van der Waals surface area contributed by atoms with E-state index in [9.17, 15) is 13.2 Å². The molecule has 1 aromatic heterocycles. The molecule has 0 aliphatic carbocycles. The largest absolute Gasteiger partial charge is 0.478 e. The smallest absolute Gasteiger partial charge is 0.335 e. The predicted octanol–water partition coefficient (Wildman–Crippen LogP) is 1.27. The van der Waals surface area contributed by atoms with Gasteiger partial charge in [0.25, 0.3) is 0 Å². The van der Waals surface area contributed by atoms with Gasteiger partial charge in [0.15, 0.2) is 9.84 Å².